The van der Waals surface area contributed by atoms with Crippen LogP contribution in [0.4, 0.5) is 0 Å². The molecule has 0 radical (unpaired) electrons. The summed E-state index contributed by atoms with van der Waals surface area (Å²) in [6.07, 6.45) is 6.13. The van der Waals surface area contributed by atoms with Crippen LogP contribution in [0.5, 0.6) is 0 Å². The maximum Gasteiger partial charge on any atom is 0.254 e. The first-order valence-corrected chi connectivity index (χ1v) is 10.8. The van der Waals surface area contributed by atoms with Crippen LogP contribution < -0.4 is 0 Å². The molecule has 25 heavy (non-hydrogen) atoms. The average Bonchev–Trinajstić information content (AvgIpc) is 2.62. The van der Waals surface area contributed by atoms with Gasteiger partial charge in [-0.2, -0.15) is 4.31 Å². The molecule has 0 unspecified atom stereocenters. The summed E-state index contributed by atoms with van der Waals surface area (Å²) in [5.74, 6) is 0.00230. The lowest BCUT2D eigenvalue weighted by Crippen LogP contribution is -2.42. The Morgan fingerprint density at radius 3 is 2.12 bits per heavy atom. The molecule has 0 N–H and O–H groups in total. The molecule has 1 aromatic rings. The number of amides is 1. The third kappa shape index (κ3) is 3.75. The smallest absolute Gasteiger partial charge is 0.254 e. The Labute approximate surface area is 151 Å². The number of nitrogens with zero attached hydrogens (tertiary/aromatic N) is 2. The Bertz CT molecular complexity index is 715. The van der Waals surface area contributed by atoms with Crippen LogP contribution in [0.15, 0.2) is 29.2 Å². The van der Waals surface area contributed by atoms with E-state index in [1.165, 1.54) is 0 Å². The van der Waals surface area contributed by atoms with Crippen LogP contribution in [-0.2, 0) is 10.0 Å². The van der Waals surface area contributed by atoms with Crippen molar-refractivity contribution in [3.8, 4) is 0 Å². The summed E-state index contributed by atoms with van der Waals surface area (Å²) in [5, 5.41) is 0. The zero-order valence-corrected chi connectivity index (χ0v) is 16.0. The van der Waals surface area contributed by atoms with Crippen LogP contribution in [0.3, 0.4) is 0 Å². The highest BCUT2D eigenvalue weighted by molar-refractivity contribution is 7.89. The van der Waals surface area contributed by atoms with Gasteiger partial charge in [-0.1, -0.05) is 6.42 Å². The number of hydrogen-bond acceptors (Lipinski definition) is 3. The first-order chi connectivity index (χ1) is 11.9. The summed E-state index contributed by atoms with van der Waals surface area (Å²) in [5.41, 5.74) is 0.569. The number of likely N-dealkylation sites (tertiary alicyclic amines) is 1. The van der Waals surface area contributed by atoms with E-state index < -0.39 is 10.0 Å². The van der Waals surface area contributed by atoms with Gasteiger partial charge < -0.3 is 4.90 Å². The fourth-order valence-corrected chi connectivity index (χ4v) is 5.60. The normalized spacial score (nSPS) is 25.8. The van der Waals surface area contributed by atoms with Gasteiger partial charge in [-0.25, -0.2) is 8.42 Å². The second kappa shape index (κ2) is 7.46. The lowest BCUT2D eigenvalue weighted by molar-refractivity contribution is 0.0635. The van der Waals surface area contributed by atoms with Crippen molar-refractivity contribution >= 4 is 15.9 Å². The predicted molar refractivity (Wildman–Crippen MR) is 98.0 cm³/mol. The van der Waals surface area contributed by atoms with Crippen molar-refractivity contribution in [2.75, 3.05) is 13.1 Å². The fourth-order valence-electron chi connectivity index (χ4n) is 3.90. The SMILES string of the molecule is C[C@H]1CCCCN1C(=O)c1ccc(S(=O)(=O)N2CCCC[C@@H]2C)cc1. The number of rotatable bonds is 3. The molecule has 1 amide bonds. The molecule has 2 saturated heterocycles. The monoisotopic (exact) mass is 364 g/mol. The van der Waals surface area contributed by atoms with Gasteiger partial charge in [-0.3, -0.25) is 4.79 Å². The number of hydrogen-bond donors (Lipinski definition) is 0. The molecule has 138 valence electrons. The zero-order valence-electron chi connectivity index (χ0n) is 15.1. The Morgan fingerprint density at radius 1 is 0.920 bits per heavy atom. The predicted octanol–water partition coefficient (Wildman–Crippen LogP) is 3.26. The molecular formula is C19H28N2O3S. The van der Waals surface area contributed by atoms with Crippen molar-refractivity contribution in [3.63, 3.8) is 0 Å². The van der Waals surface area contributed by atoms with Gasteiger partial charge in [0, 0.05) is 30.7 Å². The van der Waals surface area contributed by atoms with Crippen molar-refractivity contribution in [1.29, 1.82) is 0 Å². The molecule has 0 aromatic heterocycles. The van der Waals surface area contributed by atoms with Gasteiger partial charge in [-0.05, 0) is 70.2 Å². The van der Waals surface area contributed by atoms with E-state index >= 15 is 0 Å². The zero-order chi connectivity index (χ0) is 18.0. The van der Waals surface area contributed by atoms with Crippen molar-refractivity contribution in [1.82, 2.24) is 9.21 Å². The number of carbonyl (C=O) groups excluding carboxylic acids is 1. The van der Waals surface area contributed by atoms with E-state index in [9.17, 15) is 13.2 Å². The molecule has 0 saturated carbocycles. The fraction of sp³-hybridized carbons (Fsp3) is 0.632. The molecule has 2 aliphatic rings. The lowest BCUT2D eigenvalue weighted by Gasteiger charge is -2.33. The maximum absolute atomic E-state index is 12.9. The van der Waals surface area contributed by atoms with Crippen molar-refractivity contribution in [3.05, 3.63) is 29.8 Å². The molecule has 5 nitrogen and oxygen atoms in total. The number of piperidine rings is 2. The third-order valence-electron chi connectivity index (χ3n) is 5.51. The Kier molecular flexibility index (Phi) is 5.49. The minimum atomic E-state index is -3.48. The number of sulfonamides is 1. The van der Waals surface area contributed by atoms with E-state index in [4.69, 9.17) is 0 Å². The van der Waals surface area contributed by atoms with Crippen molar-refractivity contribution in [2.45, 2.75) is 69.4 Å². The molecule has 2 heterocycles. The standard InChI is InChI=1S/C19H28N2O3S/c1-15-7-3-5-13-20(15)19(22)17-9-11-18(12-10-17)25(23,24)21-14-6-4-8-16(21)2/h9-12,15-16H,3-8,13-14H2,1-2H3/t15-,16-/m0/s1. The maximum atomic E-state index is 12.9. The van der Waals surface area contributed by atoms with Gasteiger partial charge in [0.25, 0.3) is 5.91 Å². The van der Waals surface area contributed by atoms with E-state index in [0.717, 1.165) is 45.1 Å². The topological polar surface area (TPSA) is 57.7 Å². The molecule has 1 aromatic carbocycles. The number of carbonyl (C=O) groups is 1. The van der Waals surface area contributed by atoms with E-state index in [1.807, 2.05) is 11.8 Å². The second-order valence-electron chi connectivity index (χ2n) is 7.33. The first-order valence-electron chi connectivity index (χ1n) is 9.34. The van der Waals surface area contributed by atoms with Crippen LogP contribution in [0.2, 0.25) is 0 Å². The van der Waals surface area contributed by atoms with Crippen molar-refractivity contribution < 1.29 is 13.2 Å². The van der Waals surface area contributed by atoms with Gasteiger partial charge in [0.2, 0.25) is 10.0 Å². The average molecular weight is 365 g/mol. The molecule has 2 aliphatic heterocycles. The summed E-state index contributed by atoms with van der Waals surface area (Å²) in [4.78, 5) is 14.9. The summed E-state index contributed by atoms with van der Waals surface area (Å²) in [6.45, 7) is 5.40. The van der Waals surface area contributed by atoms with Crippen LogP contribution in [0.1, 0.15) is 62.7 Å². The van der Waals surface area contributed by atoms with Gasteiger partial charge >= 0.3 is 0 Å². The van der Waals surface area contributed by atoms with Gasteiger partial charge in [0.1, 0.15) is 0 Å². The van der Waals surface area contributed by atoms with E-state index in [2.05, 4.69) is 6.92 Å². The molecule has 6 heteroatoms. The van der Waals surface area contributed by atoms with Crippen LogP contribution in [-0.4, -0.2) is 48.7 Å². The lowest BCUT2D eigenvalue weighted by atomic mass is 10.0. The van der Waals surface area contributed by atoms with Crippen LogP contribution >= 0.6 is 0 Å². The Balaban J connectivity index is 1.78. The highest BCUT2D eigenvalue weighted by atomic mass is 32.2. The molecule has 0 spiro atoms. The summed E-state index contributed by atoms with van der Waals surface area (Å²) in [6, 6.07) is 6.76. The minimum Gasteiger partial charge on any atom is -0.336 e. The summed E-state index contributed by atoms with van der Waals surface area (Å²) < 4.78 is 27.3. The largest absolute Gasteiger partial charge is 0.336 e. The van der Waals surface area contributed by atoms with E-state index in [1.54, 1.807) is 28.6 Å². The molecular weight excluding hydrogens is 336 g/mol. The molecule has 0 bridgehead atoms. The first kappa shape index (κ1) is 18.4. The molecule has 2 fully saturated rings. The molecule has 2 atom stereocenters. The highest BCUT2D eigenvalue weighted by Crippen LogP contribution is 2.26. The van der Waals surface area contributed by atoms with Gasteiger partial charge in [0.15, 0.2) is 0 Å². The van der Waals surface area contributed by atoms with Crippen LogP contribution in [0, 0.1) is 0 Å². The molecule has 0 aliphatic carbocycles. The van der Waals surface area contributed by atoms with Crippen molar-refractivity contribution in [2.24, 2.45) is 0 Å². The summed E-state index contributed by atoms with van der Waals surface area (Å²) in [7, 11) is -3.48. The minimum absolute atomic E-state index is 0.00230. The summed E-state index contributed by atoms with van der Waals surface area (Å²) >= 11 is 0. The Hall–Kier alpha value is -1.40. The highest BCUT2D eigenvalue weighted by Gasteiger charge is 2.31. The number of benzene rings is 1. The van der Waals surface area contributed by atoms with E-state index in [-0.39, 0.29) is 22.9 Å². The Morgan fingerprint density at radius 2 is 1.52 bits per heavy atom. The van der Waals surface area contributed by atoms with Gasteiger partial charge in [-0.15, -0.1) is 0 Å². The van der Waals surface area contributed by atoms with E-state index in [0.29, 0.717) is 12.1 Å². The van der Waals surface area contributed by atoms with Crippen LogP contribution in [0.25, 0.3) is 0 Å². The van der Waals surface area contributed by atoms with Gasteiger partial charge in [0.05, 0.1) is 4.90 Å². The quantitative estimate of drug-likeness (QED) is 0.827. The molecule has 3 rings (SSSR count). The second-order valence-corrected chi connectivity index (χ2v) is 9.22. The third-order valence-corrected chi connectivity index (χ3v) is 7.54.